The Morgan fingerprint density at radius 2 is 1.06 bits per heavy atom. The molecule has 0 N–H and O–H groups in total. The van der Waals surface area contributed by atoms with E-state index in [2.05, 4.69) is 144 Å². The van der Waals surface area contributed by atoms with Crippen molar-refractivity contribution in [3.05, 3.63) is 127 Å². The largest absolute Gasteiger partial charge is 0.344 e. The maximum atomic E-state index is 2.45. The maximum Gasteiger partial charge on any atom is 0.0626 e. The van der Waals surface area contributed by atoms with Crippen molar-refractivity contribution in [3.8, 4) is 5.69 Å². The highest BCUT2D eigenvalue weighted by Crippen LogP contribution is 2.45. The summed E-state index contributed by atoms with van der Waals surface area (Å²) >= 11 is 0. The van der Waals surface area contributed by atoms with Crippen LogP contribution in [0.1, 0.15) is 0 Å². The summed E-state index contributed by atoms with van der Waals surface area (Å²) in [6, 6.07) is 45.7. The number of fused-ring (bicyclic) bond motifs is 8. The highest BCUT2D eigenvalue weighted by atomic mass is 15.1. The van der Waals surface area contributed by atoms with Crippen LogP contribution in [0.25, 0.3) is 49.0 Å². The zero-order valence-corrected chi connectivity index (χ0v) is 19.5. The molecule has 0 aliphatic heterocycles. The molecule has 35 heavy (non-hydrogen) atoms. The van der Waals surface area contributed by atoms with Gasteiger partial charge < -0.3 is 9.47 Å². The van der Waals surface area contributed by atoms with Crippen molar-refractivity contribution in [2.75, 3.05) is 11.9 Å². The molecule has 0 amide bonds. The first-order chi connectivity index (χ1) is 17.3. The Hall–Kier alpha value is -4.56. The summed E-state index contributed by atoms with van der Waals surface area (Å²) in [6.07, 6.45) is 0. The van der Waals surface area contributed by atoms with E-state index in [1.165, 1.54) is 60.4 Å². The first-order valence-corrected chi connectivity index (χ1v) is 12.0. The smallest absolute Gasteiger partial charge is 0.0626 e. The van der Waals surface area contributed by atoms with Gasteiger partial charge in [0.2, 0.25) is 0 Å². The lowest BCUT2D eigenvalue weighted by atomic mass is 9.96. The van der Waals surface area contributed by atoms with E-state index in [-0.39, 0.29) is 0 Å². The Labute approximate surface area is 204 Å². The highest BCUT2D eigenvalue weighted by molar-refractivity contribution is 6.34. The van der Waals surface area contributed by atoms with Gasteiger partial charge in [-0.3, -0.25) is 0 Å². The molecular weight excluding hydrogens is 424 g/mol. The van der Waals surface area contributed by atoms with Crippen molar-refractivity contribution in [1.82, 2.24) is 4.57 Å². The molecule has 0 radical (unpaired) electrons. The van der Waals surface area contributed by atoms with E-state index in [4.69, 9.17) is 0 Å². The summed E-state index contributed by atoms with van der Waals surface area (Å²) in [5.41, 5.74) is 6.02. The van der Waals surface area contributed by atoms with Crippen LogP contribution >= 0.6 is 0 Å². The minimum Gasteiger partial charge on any atom is -0.344 e. The third kappa shape index (κ3) is 2.90. The topological polar surface area (TPSA) is 8.17 Å². The van der Waals surface area contributed by atoms with E-state index in [0.29, 0.717) is 0 Å². The van der Waals surface area contributed by atoms with E-state index in [9.17, 15) is 0 Å². The van der Waals surface area contributed by atoms with E-state index in [0.717, 1.165) is 0 Å². The van der Waals surface area contributed by atoms with Crippen molar-refractivity contribution in [1.29, 1.82) is 0 Å². The van der Waals surface area contributed by atoms with Crippen molar-refractivity contribution >= 4 is 54.7 Å². The van der Waals surface area contributed by atoms with Gasteiger partial charge in [0, 0.05) is 34.6 Å². The number of rotatable bonds is 3. The number of hydrogen-bond acceptors (Lipinski definition) is 1. The fourth-order valence-electron chi connectivity index (χ4n) is 5.61. The monoisotopic (exact) mass is 448 g/mol. The van der Waals surface area contributed by atoms with Gasteiger partial charge in [0.25, 0.3) is 0 Å². The molecule has 0 spiro atoms. The van der Waals surface area contributed by atoms with Gasteiger partial charge >= 0.3 is 0 Å². The third-order valence-corrected chi connectivity index (χ3v) is 7.16. The van der Waals surface area contributed by atoms with Gasteiger partial charge in [0.05, 0.1) is 16.7 Å². The van der Waals surface area contributed by atoms with Crippen molar-refractivity contribution < 1.29 is 0 Å². The molecule has 0 bridgehead atoms. The molecule has 1 aromatic heterocycles. The van der Waals surface area contributed by atoms with Gasteiger partial charge in [-0.2, -0.15) is 0 Å². The summed E-state index contributed by atoms with van der Waals surface area (Å²) < 4.78 is 2.45. The van der Waals surface area contributed by atoms with Crippen LogP contribution in [0, 0.1) is 0 Å². The predicted octanol–water partition coefficient (Wildman–Crippen LogP) is 8.86. The molecular formula is C33H24N2. The zero-order valence-electron chi connectivity index (χ0n) is 19.5. The fraction of sp³-hybridized carbons (Fsp3) is 0.0303. The summed E-state index contributed by atoms with van der Waals surface area (Å²) in [6.45, 7) is 0. The third-order valence-electron chi connectivity index (χ3n) is 7.16. The normalized spacial score (nSPS) is 11.6. The maximum absolute atomic E-state index is 2.45. The molecule has 0 aliphatic carbocycles. The van der Waals surface area contributed by atoms with Crippen molar-refractivity contribution in [2.24, 2.45) is 0 Å². The van der Waals surface area contributed by atoms with Crippen LogP contribution in [0.2, 0.25) is 0 Å². The van der Waals surface area contributed by atoms with Crippen molar-refractivity contribution in [2.45, 2.75) is 0 Å². The van der Waals surface area contributed by atoms with Gasteiger partial charge in [0.1, 0.15) is 0 Å². The molecule has 2 heteroatoms. The van der Waals surface area contributed by atoms with Crippen LogP contribution in [0.15, 0.2) is 127 Å². The molecule has 0 unspecified atom stereocenters. The minimum atomic E-state index is 1.17. The lowest BCUT2D eigenvalue weighted by Gasteiger charge is -2.21. The molecule has 0 fully saturated rings. The average molecular weight is 449 g/mol. The average Bonchev–Trinajstić information content (AvgIpc) is 3.30. The molecule has 7 rings (SSSR count). The van der Waals surface area contributed by atoms with Crippen LogP contribution in [0.5, 0.6) is 0 Å². The SMILES string of the molecule is CN(c1ccccc1)c1cccc2c1c1c3ccccc3c3ccccc3c1n2-c1ccccc1. The lowest BCUT2D eigenvalue weighted by Crippen LogP contribution is -2.09. The van der Waals surface area contributed by atoms with Gasteiger partial charge in [-0.1, -0.05) is 91.0 Å². The first-order valence-electron chi connectivity index (χ1n) is 12.0. The van der Waals surface area contributed by atoms with Crippen molar-refractivity contribution in [3.63, 3.8) is 0 Å². The number of nitrogens with zero attached hydrogens (tertiary/aromatic N) is 2. The van der Waals surface area contributed by atoms with E-state index < -0.39 is 0 Å². The van der Waals surface area contributed by atoms with Gasteiger partial charge in [-0.15, -0.1) is 0 Å². The molecule has 2 nitrogen and oxygen atoms in total. The second kappa shape index (κ2) is 7.75. The quantitative estimate of drug-likeness (QED) is 0.245. The first kappa shape index (κ1) is 19.9. The Balaban J connectivity index is 1.76. The van der Waals surface area contributed by atoms with Gasteiger partial charge in [0.15, 0.2) is 0 Å². The molecule has 0 saturated carbocycles. The number of hydrogen-bond donors (Lipinski definition) is 0. The summed E-state index contributed by atoms with van der Waals surface area (Å²) in [5, 5.41) is 7.72. The molecule has 0 aliphatic rings. The number of para-hydroxylation sites is 2. The fourth-order valence-corrected chi connectivity index (χ4v) is 5.61. The molecule has 0 saturated heterocycles. The van der Waals surface area contributed by atoms with Crippen LogP contribution in [-0.4, -0.2) is 11.6 Å². The summed E-state index contributed by atoms with van der Waals surface area (Å²) in [7, 11) is 2.17. The predicted molar refractivity (Wildman–Crippen MR) is 150 cm³/mol. The molecule has 1 heterocycles. The van der Waals surface area contributed by atoms with E-state index >= 15 is 0 Å². The Morgan fingerprint density at radius 3 is 1.77 bits per heavy atom. The summed E-state index contributed by atoms with van der Waals surface area (Å²) in [4.78, 5) is 2.31. The second-order valence-corrected chi connectivity index (χ2v) is 9.05. The number of aromatic nitrogens is 1. The van der Waals surface area contributed by atoms with Crippen LogP contribution in [-0.2, 0) is 0 Å². The van der Waals surface area contributed by atoms with Crippen LogP contribution in [0.3, 0.4) is 0 Å². The summed E-state index contributed by atoms with van der Waals surface area (Å²) in [5.74, 6) is 0. The van der Waals surface area contributed by atoms with E-state index in [1.807, 2.05) is 0 Å². The molecule has 166 valence electrons. The standard InChI is InChI=1S/C33H24N2/c1-34(23-13-4-2-5-14-23)29-21-12-22-30-32(29)31-27-19-10-8-17-25(27)26-18-9-11-20-28(26)33(31)35(30)24-15-6-3-7-16-24/h2-22H,1H3. The Kier molecular flexibility index (Phi) is 4.40. The highest BCUT2D eigenvalue weighted by Gasteiger charge is 2.22. The number of anilines is 2. The molecule has 0 atom stereocenters. The zero-order chi connectivity index (χ0) is 23.4. The Morgan fingerprint density at radius 1 is 0.486 bits per heavy atom. The van der Waals surface area contributed by atoms with Gasteiger partial charge in [-0.05, 0) is 52.6 Å². The van der Waals surface area contributed by atoms with Gasteiger partial charge in [-0.25, -0.2) is 0 Å². The minimum absolute atomic E-state index is 1.17. The lowest BCUT2D eigenvalue weighted by molar-refractivity contribution is 1.18. The molecule has 7 aromatic rings. The van der Waals surface area contributed by atoms with E-state index in [1.54, 1.807) is 0 Å². The Bertz CT molecular complexity index is 1850. The molecule has 6 aromatic carbocycles. The van der Waals surface area contributed by atoms with Crippen LogP contribution in [0.4, 0.5) is 11.4 Å². The van der Waals surface area contributed by atoms with Crippen LogP contribution < -0.4 is 4.90 Å². The second-order valence-electron chi connectivity index (χ2n) is 9.05. The number of benzene rings is 6.